The molecule has 0 unspecified atom stereocenters. The number of sulfone groups is 1. The highest BCUT2D eigenvalue weighted by Crippen LogP contribution is 2.34. The van der Waals surface area contributed by atoms with E-state index in [0.29, 0.717) is 34.6 Å². The smallest absolute Gasteiger partial charge is 0.263 e. The van der Waals surface area contributed by atoms with Crippen molar-refractivity contribution < 1.29 is 36.2 Å². The van der Waals surface area contributed by atoms with E-state index in [4.69, 9.17) is 19.2 Å². The maximum absolute atomic E-state index is 13.3. The minimum Gasteiger partial charge on any atom is -0.490 e. The third-order valence-corrected chi connectivity index (χ3v) is 8.31. The number of nitrogens with zero attached hydrogens (tertiary/aromatic N) is 2. The van der Waals surface area contributed by atoms with Crippen LogP contribution >= 0.6 is 0 Å². The highest BCUT2D eigenvalue weighted by molar-refractivity contribution is 7.91. The second-order valence-electron chi connectivity index (χ2n) is 9.34. The van der Waals surface area contributed by atoms with E-state index in [0.717, 1.165) is 5.39 Å². The van der Waals surface area contributed by atoms with Gasteiger partial charge in [0.2, 0.25) is 0 Å². The Labute approximate surface area is 235 Å². The summed E-state index contributed by atoms with van der Waals surface area (Å²) >= 11 is 0. The van der Waals surface area contributed by atoms with Gasteiger partial charge in [-0.1, -0.05) is 12.1 Å². The lowest BCUT2D eigenvalue weighted by atomic mass is 10.1. The molecule has 4 aromatic rings. The van der Waals surface area contributed by atoms with Gasteiger partial charge >= 0.3 is 0 Å². The van der Waals surface area contributed by atoms with Crippen molar-refractivity contribution in [3.05, 3.63) is 83.2 Å². The van der Waals surface area contributed by atoms with Crippen LogP contribution in [0.3, 0.4) is 0 Å². The number of halogens is 2. The number of hydrogen-bond donors (Lipinski definition) is 1. The van der Waals surface area contributed by atoms with E-state index in [1.54, 1.807) is 36.5 Å². The first-order valence-electron chi connectivity index (χ1n) is 12.8. The number of carbonyl (C=O) groups is 1. The molecule has 0 spiro atoms. The number of fused-ring (bicyclic) bond motifs is 2. The fraction of sp³-hybridized carbons (Fsp3) is 0.276. The lowest BCUT2D eigenvalue weighted by Crippen LogP contribution is -2.23. The molecule has 1 aliphatic heterocycles. The molecular formula is C29H27F2N3O6S. The molecule has 3 heterocycles. The van der Waals surface area contributed by atoms with Crippen LogP contribution in [0.5, 0.6) is 5.75 Å². The number of nitrogens with one attached hydrogen (secondary N) is 1. The molecule has 0 saturated heterocycles. The lowest BCUT2D eigenvalue weighted by molar-refractivity contribution is 0.0950. The van der Waals surface area contributed by atoms with Gasteiger partial charge in [0, 0.05) is 35.4 Å². The Bertz CT molecular complexity index is 1700. The first-order valence-corrected chi connectivity index (χ1v) is 14.4. The van der Waals surface area contributed by atoms with Gasteiger partial charge in [-0.2, -0.15) is 0 Å². The van der Waals surface area contributed by atoms with Gasteiger partial charge in [-0.25, -0.2) is 22.2 Å². The molecule has 0 saturated carbocycles. The van der Waals surface area contributed by atoms with Crippen molar-refractivity contribution in [2.75, 3.05) is 32.7 Å². The topological polar surface area (TPSA) is 117 Å². The van der Waals surface area contributed by atoms with Crippen molar-refractivity contribution in [3.63, 3.8) is 0 Å². The van der Waals surface area contributed by atoms with Crippen molar-refractivity contribution in [1.82, 2.24) is 15.3 Å². The number of hydrogen-bond acceptors (Lipinski definition) is 8. The average molecular weight is 584 g/mol. The highest BCUT2D eigenvalue weighted by atomic mass is 32.2. The Morgan fingerprint density at radius 3 is 2.76 bits per heavy atom. The lowest BCUT2D eigenvalue weighted by Gasteiger charge is -2.13. The molecule has 0 fully saturated rings. The van der Waals surface area contributed by atoms with Gasteiger partial charge in [0.05, 0.1) is 53.9 Å². The monoisotopic (exact) mass is 583 g/mol. The summed E-state index contributed by atoms with van der Waals surface area (Å²) in [7, 11) is -2.03. The molecular weight excluding hydrogens is 556 g/mol. The van der Waals surface area contributed by atoms with Gasteiger partial charge in [-0.05, 0) is 48.0 Å². The minimum atomic E-state index is -3.55. The number of methoxy groups -OCH3 is 1. The Kier molecular flexibility index (Phi) is 8.52. The summed E-state index contributed by atoms with van der Waals surface area (Å²) in [5.74, 6) is -0.325. The van der Waals surface area contributed by atoms with Crippen LogP contribution in [-0.2, 0) is 32.5 Å². The zero-order valence-corrected chi connectivity index (χ0v) is 22.9. The normalized spacial score (nSPS) is 14.4. The summed E-state index contributed by atoms with van der Waals surface area (Å²) in [6.07, 6.45) is -1.02. The number of aromatic nitrogens is 2. The van der Waals surface area contributed by atoms with Gasteiger partial charge < -0.3 is 19.5 Å². The number of pyridine rings is 2. The summed E-state index contributed by atoms with van der Waals surface area (Å²) in [5, 5.41) is 3.52. The number of alkyl halides is 2. The predicted octanol–water partition coefficient (Wildman–Crippen LogP) is 4.49. The second-order valence-corrected chi connectivity index (χ2v) is 11.4. The van der Waals surface area contributed by atoms with Crippen molar-refractivity contribution in [3.8, 4) is 17.0 Å². The fourth-order valence-electron chi connectivity index (χ4n) is 4.38. The van der Waals surface area contributed by atoms with E-state index in [9.17, 15) is 22.0 Å². The molecule has 1 aliphatic rings. The van der Waals surface area contributed by atoms with Crippen LogP contribution < -0.4 is 10.1 Å². The SMILES string of the molecule is COCCOc1cc(C(F)F)ccc1-c1ccc2cnc(CNC(=O)c3ccc4c(c3)S(=O)(=O)CCOC4)cc2n1. The van der Waals surface area contributed by atoms with E-state index in [1.807, 2.05) is 6.07 Å². The summed E-state index contributed by atoms with van der Waals surface area (Å²) in [4.78, 5) is 22.1. The van der Waals surface area contributed by atoms with E-state index < -0.39 is 22.2 Å². The molecule has 0 radical (unpaired) electrons. The van der Waals surface area contributed by atoms with Crippen molar-refractivity contribution >= 4 is 26.6 Å². The molecule has 5 rings (SSSR count). The predicted molar refractivity (Wildman–Crippen MR) is 147 cm³/mol. The average Bonchev–Trinajstić information content (AvgIpc) is 3.12. The second kappa shape index (κ2) is 12.2. The fourth-order valence-corrected chi connectivity index (χ4v) is 5.77. The van der Waals surface area contributed by atoms with Gasteiger partial charge in [-0.3, -0.25) is 9.78 Å². The summed E-state index contributed by atoms with van der Waals surface area (Å²) in [5.41, 5.74) is 2.74. The van der Waals surface area contributed by atoms with Crippen molar-refractivity contribution in [2.24, 2.45) is 0 Å². The van der Waals surface area contributed by atoms with Crippen LogP contribution in [0, 0.1) is 0 Å². The molecule has 9 nitrogen and oxygen atoms in total. The molecule has 2 aromatic carbocycles. The van der Waals surface area contributed by atoms with Crippen LogP contribution in [0.25, 0.3) is 22.2 Å². The molecule has 214 valence electrons. The van der Waals surface area contributed by atoms with Crippen molar-refractivity contribution in [2.45, 2.75) is 24.5 Å². The van der Waals surface area contributed by atoms with Crippen LogP contribution in [0.4, 0.5) is 8.78 Å². The Morgan fingerprint density at radius 1 is 1.10 bits per heavy atom. The Morgan fingerprint density at radius 2 is 1.95 bits per heavy atom. The van der Waals surface area contributed by atoms with Crippen LogP contribution in [0.15, 0.2) is 65.7 Å². The number of amides is 1. The molecule has 0 atom stereocenters. The molecule has 1 N–H and O–H groups in total. The molecule has 0 bridgehead atoms. The maximum Gasteiger partial charge on any atom is 0.263 e. The zero-order chi connectivity index (χ0) is 29.0. The van der Waals surface area contributed by atoms with Gasteiger partial charge in [0.15, 0.2) is 9.84 Å². The first-order chi connectivity index (χ1) is 19.7. The van der Waals surface area contributed by atoms with Crippen LogP contribution in [0.1, 0.15) is 33.6 Å². The molecule has 12 heteroatoms. The van der Waals surface area contributed by atoms with E-state index in [1.165, 1.54) is 25.3 Å². The molecule has 41 heavy (non-hydrogen) atoms. The number of ether oxygens (including phenoxy) is 3. The summed E-state index contributed by atoms with van der Waals surface area (Å²) in [6, 6.07) is 14.0. The van der Waals surface area contributed by atoms with E-state index in [-0.39, 0.29) is 53.9 Å². The number of carbonyl (C=O) groups excluding carboxylic acids is 1. The minimum absolute atomic E-state index is 0.0715. The van der Waals surface area contributed by atoms with E-state index >= 15 is 0 Å². The van der Waals surface area contributed by atoms with Gasteiger partial charge in [0.1, 0.15) is 12.4 Å². The summed E-state index contributed by atoms with van der Waals surface area (Å²) < 4.78 is 67.8. The Balaban J connectivity index is 1.36. The molecule has 2 aromatic heterocycles. The Hall–Kier alpha value is -4.00. The third kappa shape index (κ3) is 6.50. The van der Waals surface area contributed by atoms with Gasteiger partial charge in [-0.15, -0.1) is 0 Å². The number of benzene rings is 2. The maximum atomic E-state index is 13.3. The number of rotatable bonds is 9. The van der Waals surface area contributed by atoms with E-state index in [2.05, 4.69) is 10.3 Å². The highest BCUT2D eigenvalue weighted by Gasteiger charge is 2.24. The van der Waals surface area contributed by atoms with Crippen LogP contribution in [0.2, 0.25) is 0 Å². The van der Waals surface area contributed by atoms with Crippen LogP contribution in [-0.4, -0.2) is 57.0 Å². The largest absolute Gasteiger partial charge is 0.490 e. The van der Waals surface area contributed by atoms with Crippen molar-refractivity contribution in [1.29, 1.82) is 0 Å². The first kappa shape index (κ1) is 28.5. The summed E-state index contributed by atoms with van der Waals surface area (Å²) in [6.45, 7) is 0.818. The quantitative estimate of drug-likeness (QED) is 0.287. The third-order valence-electron chi connectivity index (χ3n) is 6.56. The van der Waals surface area contributed by atoms with Gasteiger partial charge in [0.25, 0.3) is 12.3 Å². The zero-order valence-electron chi connectivity index (χ0n) is 22.1. The molecule has 1 amide bonds. The molecule has 0 aliphatic carbocycles. The standard InChI is InChI=1S/C29H27F2N3O6S/c1-38-8-9-40-26-12-18(28(30)31)4-6-23(26)24-7-5-20-15-32-22(14-25(20)34-24)16-33-29(35)19-2-3-21-17-39-10-11-41(36,37)27(21)13-19/h2-7,12-15,28H,8-11,16-17H2,1H3,(H,33,35).